The summed E-state index contributed by atoms with van der Waals surface area (Å²) in [4.78, 5) is 36.9. The maximum atomic E-state index is 11.6. The van der Waals surface area contributed by atoms with Crippen LogP contribution in [0.1, 0.15) is 17.3 Å². The van der Waals surface area contributed by atoms with Crippen LogP contribution in [0.2, 0.25) is 0 Å². The first-order valence-electron chi connectivity index (χ1n) is 5.41. The molecule has 9 nitrogen and oxygen atoms in total. The molecule has 106 valence electrons. The highest BCUT2D eigenvalue weighted by molar-refractivity contribution is 6.23. The summed E-state index contributed by atoms with van der Waals surface area (Å²) in [6, 6.07) is 3.79. The van der Waals surface area contributed by atoms with Crippen molar-refractivity contribution in [1.29, 1.82) is 0 Å². The largest absolute Gasteiger partial charge is 0.462 e. The summed E-state index contributed by atoms with van der Waals surface area (Å²) in [6.07, 6.45) is 0.638. The molecule has 2 N–H and O–H groups in total. The van der Waals surface area contributed by atoms with Crippen molar-refractivity contribution in [2.75, 3.05) is 12.3 Å². The van der Waals surface area contributed by atoms with Crippen LogP contribution >= 0.6 is 0 Å². The van der Waals surface area contributed by atoms with E-state index < -0.39 is 22.5 Å². The third kappa shape index (κ3) is 3.77. The quantitative estimate of drug-likeness (QED) is 0.211. The molecule has 0 aromatic heterocycles. The highest BCUT2D eigenvalue weighted by atomic mass is 16.7. The Hall–Kier alpha value is -2.97. The lowest BCUT2D eigenvalue weighted by atomic mass is 10.1. The molecule has 1 rings (SSSR count). The molecule has 0 heterocycles. The molecule has 0 unspecified atom stereocenters. The average Bonchev–Trinajstić information content (AvgIpc) is 2.38. The molecule has 0 saturated carbocycles. The zero-order valence-electron chi connectivity index (χ0n) is 10.4. The number of hydrogen-bond acceptors (Lipinski definition) is 8. The molecule has 1 aromatic carbocycles. The topological polar surface area (TPSA) is 134 Å². The fraction of sp³-hybridized carbons (Fsp3) is 0.182. The van der Waals surface area contributed by atoms with E-state index in [1.807, 2.05) is 0 Å². The molecule has 9 heteroatoms. The van der Waals surface area contributed by atoms with Gasteiger partial charge in [-0.15, -0.1) is 0 Å². The minimum atomic E-state index is -1.11. The first-order chi connectivity index (χ1) is 9.47. The minimum absolute atomic E-state index is 0.138. The molecule has 0 bridgehead atoms. The highest BCUT2D eigenvalue weighted by Gasteiger charge is 2.24. The van der Waals surface area contributed by atoms with Crippen LogP contribution in [0.4, 0.5) is 11.4 Å². The predicted octanol–water partition coefficient (Wildman–Crippen LogP) is 0.883. The number of nitrogens with two attached hydrogens (primary N) is 1. The number of benzene rings is 1. The molecule has 0 saturated heterocycles. The van der Waals surface area contributed by atoms with Crippen molar-refractivity contribution >= 4 is 29.5 Å². The van der Waals surface area contributed by atoms with Crippen molar-refractivity contribution in [3.63, 3.8) is 0 Å². The molecule has 0 amide bonds. The molecule has 0 fully saturated rings. The van der Waals surface area contributed by atoms with Gasteiger partial charge in [0.2, 0.25) is 0 Å². The number of oxime groups is 1. The van der Waals surface area contributed by atoms with Crippen LogP contribution in [-0.4, -0.2) is 29.7 Å². The van der Waals surface area contributed by atoms with Crippen LogP contribution < -0.4 is 5.73 Å². The van der Waals surface area contributed by atoms with E-state index in [2.05, 4.69) is 14.7 Å². The molecule has 0 radical (unpaired) electrons. The molecular weight excluding hydrogens is 270 g/mol. The number of nitro groups is 1. The van der Waals surface area contributed by atoms with Gasteiger partial charge in [-0.05, 0) is 19.1 Å². The zero-order valence-corrected chi connectivity index (χ0v) is 10.4. The monoisotopic (exact) mass is 281 g/mol. The van der Waals surface area contributed by atoms with Crippen molar-refractivity contribution in [3.8, 4) is 0 Å². The summed E-state index contributed by atoms with van der Waals surface area (Å²) >= 11 is 0. The molecule has 0 aliphatic rings. The number of carbonyl (C=O) groups is 2. The third-order valence-electron chi connectivity index (χ3n) is 2.05. The fourth-order valence-electron chi connectivity index (χ4n) is 1.28. The fourth-order valence-corrected chi connectivity index (χ4v) is 1.28. The van der Waals surface area contributed by atoms with E-state index in [9.17, 15) is 19.7 Å². The smallest absolute Gasteiger partial charge is 0.372 e. The summed E-state index contributed by atoms with van der Waals surface area (Å²) in [7, 11) is 0. The van der Waals surface area contributed by atoms with Crippen molar-refractivity contribution in [2.24, 2.45) is 5.16 Å². The van der Waals surface area contributed by atoms with Gasteiger partial charge in [0, 0.05) is 0 Å². The summed E-state index contributed by atoms with van der Waals surface area (Å²) in [5.41, 5.74) is 4.29. The molecule has 20 heavy (non-hydrogen) atoms. The number of para-hydroxylation sites is 1. The van der Waals surface area contributed by atoms with Gasteiger partial charge < -0.3 is 15.3 Å². The molecular formula is C11H11N3O6. The van der Waals surface area contributed by atoms with E-state index in [0.29, 0.717) is 6.21 Å². The van der Waals surface area contributed by atoms with Gasteiger partial charge in [-0.2, -0.15) is 0 Å². The van der Waals surface area contributed by atoms with Crippen molar-refractivity contribution < 1.29 is 24.1 Å². The lowest BCUT2D eigenvalue weighted by Gasteiger charge is -2.02. The molecule has 0 aliphatic carbocycles. The number of hydrogen-bond donors (Lipinski definition) is 1. The number of nitro benzene ring substituents is 1. The summed E-state index contributed by atoms with van der Waals surface area (Å²) in [5.74, 6) is -1.91. The third-order valence-corrected chi connectivity index (χ3v) is 2.05. The molecule has 0 atom stereocenters. The standard InChI is InChI=1S/C11H11N3O6/c1-2-19-9(15)6-13-20-11(16)7-4-3-5-8(12)10(7)14(17)18/h3-6H,2,12H2,1H3/b13-6+. The van der Waals surface area contributed by atoms with E-state index in [0.717, 1.165) is 6.07 Å². The van der Waals surface area contributed by atoms with Gasteiger partial charge in [0.1, 0.15) is 11.3 Å². The van der Waals surface area contributed by atoms with E-state index in [1.54, 1.807) is 6.92 Å². The van der Waals surface area contributed by atoms with Gasteiger partial charge in [-0.1, -0.05) is 11.2 Å². The minimum Gasteiger partial charge on any atom is -0.462 e. The summed E-state index contributed by atoms with van der Waals surface area (Å²) in [5, 5.41) is 13.9. The normalized spacial score (nSPS) is 10.2. The number of anilines is 1. The van der Waals surface area contributed by atoms with Crippen LogP contribution in [0.15, 0.2) is 23.4 Å². The first kappa shape index (κ1) is 15.1. The van der Waals surface area contributed by atoms with Gasteiger partial charge in [0.15, 0.2) is 6.21 Å². The number of nitrogen functional groups attached to an aromatic ring is 1. The van der Waals surface area contributed by atoms with Crippen molar-refractivity contribution in [2.45, 2.75) is 6.92 Å². The van der Waals surface area contributed by atoms with E-state index >= 15 is 0 Å². The molecule has 0 spiro atoms. The summed E-state index contributed by atoms with van der Waals surface area (Å²) in [6.45, 7) is 1.73. The second-order valence-electron chi connectivity index (χ2n) is 3.37. The second-order valence-corrected chi connectivity index (χ2v) is 3.37. The Morgan fingerprint density at radius 1 is 1.50 bits per heavy atom. The molecule has 0 aliphatic heterocycles. The van der Waals surface area contributed by atoms with E-state index in [4.69, 9.17) is 5.73 Å². The van der Waals surface area contributed by atoms with Crippen molar-refractivity contribution in [3.05, 3.63) is 33.9 Å². The van der Waals surface area contributed by atoms with Gasteiger partial charge in [-0.25, -0.2) is 9.59 Å². The van der Waals surface area contributed by atoms with E-state index in [1.165, 1.54) is 12.1 Å². The Labute approximate surface area is 113 Å². The Kier molecular flexibility index (Phi) is 5.15. The van der Waals surface area contributed by atoms with Gasteiger partial charge >= 0.3 is 17.6 Å². The lowest BCUT2D eigenvalue weighted by Crippen LogP contribution is -2.09. The number of rotatable bonds is 5. The maximum absolute atomic E-state index is 11.6. The Bertz CT molecular complexity index is 569. The zero-order chi connectivity index (χ0) is 15.1. The number of esters is 1. The Morgan fingerprint density at radius 2 is 2.20 bits per heavy atom. The Morgan fingerprint density at radius 3 is 2.80 bits per heavy atom. The average molecular weight is 281 g/mol. The highest BCUT2D eigenvalue weighted by Crippen LogP contribution is 2.26. The number of ether oxygens (including phenoxy) is 1. The van der Waals surface area contributed by atoms with Crippen LogP contribution in [0.3, 0.4) is 0 Å². The predicted molar refractivity (Wildman–Crippen MR) is 68.0 cm³/mol. The van der Waals surface area contributed by atoms with Crippen molar-refractivity contribution in [1.82, 2.24) is 0 Å². The van der Waals surface area contributed by atoms with Gasteiger partial charge in [0.05, 0.1) is 11.5 Å². The first-order valence-corrected chi connectivity index (χ1v) is 5.41. The van der Waals surface area contributed by atoms with Crippen LogP contribution in [0.5, 0.6) is 0 Å². The maximum Gasteiger partial charge on any atom is 0.372 e. The van der Waals surface area contributed by atoms with Crippen LogP contribution in [0.25, 0.3) is 0 Å². The van der Waals surface area contributed by atoms with Crippen LogP contribution in [-0.2, 0) is 14.4 Å². The van der Waals surface area contributed by atoms with E-state index in [-0.39, 0.29) is 17.9 Å². The van der Waals surface area contributed by atoms with Gasteiger partial charge in [-0.3, -0.25) is 10.1 Å². The lowest BCUT2D eigenvalue weighted by molar-refractivity contribution is -0.384. The summed E-state index contributed by atoms with van der Waals surface area (Å²) < 4.78 is 4.50. The van der Waals surface area contributed by atoms with Gasteiger partial charge in [0.25, 0.3) is 0 Å². The number of nitrogens with zero attached hydrogens (tertiary/aromatic N) is 2. The Balaban J connectivity index is 2.86. The number of carbonyl (C=O) groups excluding carboxylic acids is 2. The molecule has 1 aromatic rings. The SMILES string of the molecule is CCOC(=O)/C=N/OC(=O)c1cccc(N)c1[N+](=O)[O-]. The second kappa shape index (κ2) is 6.83. The van der Waals surface area contributed by atoms with Crippen LogP contribution in [0, 0.1) is 10.1 Å².